The molecular weight excluding hydrogens is 200 g/mol. The number of epoxide rings is 1. The highest BCUT2D eigenvalue weighted by Crippen LogP contribution is 2.46. The molecule has 2 nitrogen and oxygen atoms in total. The van der Waals surface area contributed by atoms with Crippen LogP contribution in [0.1, 0.15) is 18.9 Å². The Morgan fingerprint density at radius 2 is 2.12 bits per heavy atom. The highest BCUT2D eigenvalue weighted by Gasteiger charge is 2.53. The summed E-state index contributed by atoms with van der Waals surface area (Å²) >= 11 is 0. The molecule has 0 spiro atoms. The van der Waals surface area contributed by atoms with E-state index in [1.165, 1.54) is 12.0 Å². The molecule has 16 heavy (non-hydrogen) atoms. The summed E-state index contributed by atoms with van der Waals surface area (Å²) in [5, 5.41) is 0. The molecule has 0 amide bonds. The third kappa shape index (κ3) is 2.00. The molecule has 2 fully saturated rings. The molecular formula is C14H18O2. The van der Waals surface area contributed by atoms with Gasteiger partial charge in [0.15, 0.2) is 0 Å². The molecule has 1 aliphatic heterocycles. The molecule has 0 radical (unpaired) electrons. The minimum atomic E-state index is 0.505. The first-order valence-electron chi connectivity index (χ1n) is 6.12. The lowest BCUT2D eigenvalue weighted by Crippen LogP contribution is -2.19. The lowest BCUT2D eigenvalue weighted by molar-refractivity contribution is 0.0538. The molecule has 0 N–H and O–H groups in total. The third-order valence-electron chi connectivity index (χ3n) is 3.80. The van der Waals surface area contributed by atoms with Crippen LogP contribution < -0.4 is 0 Å². The maximum Gasteiger partial charge on any atom is 0.0894 e. The van der Waals surface area contributed by atoms with Crippen LogP contribution in [0.5, 0.6) is 0 Å². The Balaban J connectivity index is 1.47. The van der Waals surface area contributed by atoms with Crippen molar-refractivity contribution in [1.82, 2.24) is 0 Å². The van der Waals surface area contributed by atoms with Crippen LogP contribution in [0.25, 0.3) is 0 Å². The van der Waals surface area contributed by atoms with Crippen LogP contribution in [0.2, 0.25) is 0 Å². The Bertz CT molecular complexity index is 347. The van der Waals surface area contributed by atoms with Gasteiger partial charge in [-0.05, 0) is 17.9 Å². The van der Waals surface area contributed by atoms with Crippen molar-refractivity contribution in [3.05, 3.63) is 35.9 Å². The van der Waals surface area contributed by atoms with Crippen LogP contribution in [0, 0.1) is 11.8 Å². The number of fused-ring (bicyclic) bond motifs is 1. The number of hydrogen-bond acceptors (Lipinski definition) is 2. The minimum Gasteiger partial charge on any atom is -0.376 e. The van der Waals surface area contributed by atoms with E-state index < -0.39 is 0 Å². The maximum atomic E-state index is 5.79. The summed E-state index contributed by atoms with van der Waals surface area (Å²) in [7, 11) is 0. The van der Waals surface area contributed by atoms with Crippen LogP contribution in [0.3, 0.4) is 0 Å². The molecule has 0 unspecified atom stereocenters. The van der Waals surface area contributed by atoms with E-state index in [0.29, 0.717) is 18.1 Å². The van der Waals surface area contributed by atoms with Gasteiger partial charge in [-0.3, -0.25) is 0 Å². The van der Waals surface area contributed by atoms with E-state index in [1.807, 2.05) is 6.07 Å². The van der Waals surface area contributed by atoms with Crippen molar-refractivity contribution in [2.24, 2.45) is 11.8 Å². The van der Waals surface area contributed by atoms with Crippen molar-refractivity contribution in [2.45, 2.75) is 32.2 Å². The second-order valence-corrected chi connectivity index (χ2v) is 5.02. The molecule has 2 heteroatoms. The van der Waals surface area contributed by atoms with E-state index in [-0.39, 0.29) is 0 Å². The van der Waals surface area contributed by atoms with Gasteiger partial charge in [-0.15, -0.1) is 0 Å². The van der Waals surface area contributed by atoms with Crippen molar-refractivity contribution in [2.75, 3.05) is 6.61 Å². The summed E-state index contributed by atoms with van der Waals surface area (Å²) in [6.45, 7) is 3.88. The van der Waals surface area contributed by atoms with Gasteiger partial charge in [-0.2, -0.15) is 0 Å². The minimum absolute atomic E-state index is 0.505. The fourth-order valence-corrected chi connectivity index (χ4v) is 2.73. The van der Waals surface area contributed by atoms with Gasteiger partial charge in [0.2, 0.25) is 0 Å². The predicted octanol–water partition coefficient (Wildman–Crippen LogP) is 2.63. The Morgan fingerprint density at radius 3 is 2.81 bits per heavy atom. The lowest BCUT2D eigenvalue weighted by atomic mass is 9.98. The Labute approximate surface area is 96.6 Å². The van der Waals surface area contributed by atoms with Gasteiger partial charge in [-0.1, -0.05) is 37.3 Å². The van der Waals surface area contributed by atoms with Gasteiger partial charge in [-0.25, -0.2) is 0 Å². The standard InChI is InChI=1S/C14H18O2/c1-10-7-13-14(16-13)12(10)9-15-8-11-5-3-2-4-6-11/h2-6,10,12-14H,7-9H2,1H3/t10-,12+,13+,14-/m0/s1. The second kappa shape index (κ2) is 4.19. The monoisotopic (exact) mass is 218 g/mol. The molecule has 1 heterocycles. The average Bonchev–Trinajstić information content (AvgIpc) is 2.98. The first kappa shape index (κ1) is 10.3. The van der Waals surface area contributed by atoms with Crippen molar-refractivity contribution < 1.29 is 9.47 Å². The van der Waals surface area contributed by atoms with Gasteiger partial charge in [0.05, 0.1) is 25.4 Å². The van der Waals surface area contributed by atoms with Gasteiger partial charge in [0.1, 0.15) is 0 Å². The Morgan fingerprint density at radius 1 is 1.31 bits per heavy atom. The van der Waals surface area contributed by atoms with Gasteiger partial charge < -0.3 is 9.47 Å². The number of hydrogen-bond donors (Lipinski definition) is 0. The van der Waals surface area contributed by atoms with Crippen molar-refractivity contribution in [1.29, 1.82) is 0 Å². The normalized spacial score (nSPS) is 36.1. The number of ether oxygens (including phenoxy) is 2. The summed E-state index contributed by atoms with van der Waals surface area (Å²) in [4.78, 5) is 0. The summed E-state index contributed by atoms with van der Waals surface area (Å²) in [6.07, 6.45) is 2.29. The van der Waals surface area contributed by atoms with E-state index in [9.17, 15) is 0 Å². The van der Waals surface area contributed by atoms with Crippen LogP contribution in [0.4, 0.5) is 0 Å². The molecule has 0 aromatic heterocycles. The fraction of sp³-hybridized carbons (Fsp3) is 0.571. The molecule has 1 aromatic carbocycles. The molecule has 1 saturated heterocycles. The molecule has 86 valence electrons. The van der Waals surface area contributed by atoms with Crippen molar-refractivity contribution >= 4 is 0 Å². The molecule has 4 atom stereocenters. The average molecular weight is 218 g/mol. The smallest absolute Gasteiger partial charge is 0.0894 e. The summed E-state index contributed by atoms with van der Waals surface area (Å²) in [6, 6.07) is 10.3. The zero-order valence-electron chi connectivity index (χ0n) is 9.63. The van der Waals surface area contributed by atoms with Crippen molar-refractivity contribution in [3.63, 3.8) is 0 Å². The van der Waals surface area contributed by atoms with Gasteiger partial charge >= 0.3 is 0 Å². The summed E-state index contributed by atoms with van der Waals surface area (Å²) in [5.41, 5.74) is 1.25. The lowest BCUT2D eigenvalue weighted by Gasteiger charge is -2.17. The topological polar surface area (TPSA) is 21.8 Å². The molecule has 1 aromatic rings. The Kier molecular flexibility index (Phi) is 2.70. The number of rotatable bonds is 4. The first-order chi connectivity index (χ1) is 7.84. The molecule has 1 aliphatic carbocycles. The van der Waals surface area contributed by atoms with E-state index in [0.717, 1.165) is 19.1 Å². The summed E-state index contributed by atoms with van der Waals surface area (Å²) < 4.78 is 11.3. The van der Waals surface area contributed by atoms with Gasteiger partial charge in [0.25, 0.3) is 0 Å². The third-order valence-corrected chi connectivity index (χ3v) is 3.80. The van der Waals surface area contributed by atoms with Crippen molar-refractivity contribution in [3.8, 4) is 0 Å². The SMILES string of the molecule is C[C@H]1C[C@H]2O[C@H]2[C@@H]1COCc1ccccc1. The van der Waals surface area contributed by atoms with Crippen LogP contribution >= 0.6 is 0 Å². The van der Waals surface area contributed by atoms with E-state index >= 15 is 0 Å². The first-order valence-corrected chi connectivity index (χ1v) is 6.12. The highest BCUT2D eigenvalue weighted by molar-refractivity contribution is 5.13. The van der Waals surface area contributed by atoms with E-state index in [2.05, 4.69) is 31.2 Å². The largest absolute Gasteiger partial charge is 0.376 e. The molecule has 1 saturated carbocycles. The fourth-order valence-electron chi connectivity index (χ4n) is 2.73. The van der Waals surface area contributed by atoms with Crippen LogP contribution in [-0.4, -0.2) is 18.8 Å². The quantitative estimate of drug-likeness (QED) is 0.725. The van der Waals surface area contributed by atoms with E-state index in [4.69, 9.17) is 9.47 Å². The molecule has 2 aliphatic rings. The second-order valence-electron chi connectivity index (χ2n) is 5.02. The van der Waals surface area contributed by atoms with Crippen LogP contribution in [0.15, 0.2) is 30.3 Å². The van der Waals surface area contributed by atoms with Crippen LogP contribution in [-0.2, 0) is 16.1 Å². The number of benzene rings is 1. The zero-order chi connectivity index (χ0) is 11.0. The maximum absolute atomic E-state index is 5.79. The summed E-state index contributed by atoms with van der Waals surface area (Å²) in [5.74, 6) is 1.38. The highest BCUT2D eigenvalue weighted by atomic mass is 16.6. The van der Waals surface area contributed by atoms with E-state index in [1.54, 1.807) is 0 Å². The Hall–Kier alpha value is -0.860. The molecule has 0 bridgehead atoms. The molecule has 3 rings (SSSR count). The zero-order valence-corrected chi connectivity index (χ0v) is 9.63. The predicted molar refractivity (Wildman–Crippen MR) is 62.0 cm³/mol. The van der Waals surface area contributed by atoms with Gasteiger partial charge in [0, 0.05) is 5.92 Å².